The first-order valence-electron chi connectivity index (χ1n) is 6.56. The average molecular weight is 310 g/mol. The highest BCUT2D eigenvalue weighted by atomic mass is 35.5. The largest absolute Gasteiger partial charge is 0.441 e. The van der Waals surface area contributed by atoms with E-state index in [9.17, 15) is 4.79 Å². The summed E-state index contributed by atoms with van der Waals surface area (Å²) >= 11 is 0. The van der Waals surface area contributed by atoms with Crippen molar-refractivity contribution in [2.75, 3.05) is 27.2 Å². The molecule has 0 aliphatic rings. The second-order valence-electron chi connectivity index (χ2n) is 4.62. The molecule has 1 aromatic heterocycles. The Balaban J connectivity index is 0.00000220. The lowest BCUT2D eigenvalue weighted by Crippen LogP contribution is -2.33. The number of nitrogens with one attached hydrogen (secondary N) is 1. The molecule has 0 aliphatic carbocycles. The van der Waals surface area contributed by atoms with Crippen LogP contribution in [0.4, 0.5) is 0 Å². The number of rotatable bonds is 5. The van der Waals surface area contributed by atoms with E-state index in [1.807, 2.05) is 37.4 Å². The summed E-state index contributed by atoms with van der Waals surface area (Å²) in [5.74, 6) is 0.905. The van der Waals surface area contributed by atoms with Crippen LogP contribution in [0.5, 0.6) is 0 Å². The zero-order valence-electron chi connectivity index (χ0n) is 12.4. The van der Waals surface area contributed by atoms with E-state index in [2.05, 4.69) is 10.3 Å². The third-order valence-corrected chi connectivity index (χ3v) is 3.06. The standard InChI is InChI=1S/C15H19N3O2.ClH/c1-11-13(15(19)18(3)10-9-16-2)17-14(20-11)12-7-5-4-6-8-12;/h4-8,16H,9-10H2,1-3H3;1H. The van der Waals surface area contributed by atoms with Crippen LogP contribution in [0.2, 0.25) is 0 Å². The Morgan fingerprint density at radius 3 is 2.62 bits per heavy atom. The van der Waals surface area contributed by atoms with Crippen molar-refractivity contribution in [2.45, 2.75) is 6.92 Å². The second kappa shape index (κ2) is 7.81. The van der Waals surface area contributed by atoms with E-state index >= 15 is 0 Å². The van der Waals surface area contributed by atoms with Crippen molar-refractivity contribution in [3.05, 3.63) is 41.8 Å². The number of carbonyl (C=O) groups is 1. The topological polar surface area (TPSA) is 58.4 Å². The average Bonchev–Trinajstić information content (AvgIpc) is 2.87. The van der Waals surface area contributed by atoms with E-state index in [1.54, 1.807) is 18.9 Å². The van der Waals surface area contributed by atoms with Gasteiger partial charge in [0.2, 0.25) is 5.89 Å². The maximum absolute atomic E-state index is 12.3. The Morgan fingerprint density at radius 1 is 1.33 bits per heavy atom. The van der Waals surface area contributed by atoms with Gasteiger partial charge >= 0.3 is 0 Å². The van der Waals surface area contributed by atoms with E-state index in [4.69, 9.17) is 4.42 Å². The van der Waals surface area contributed by atoms with Crippen LogP contribution in [-0.4, -0.2) is 43.0 Å². The van der Waals surface area contributed by atoms with E-state index in [0.29, 0.717) is 23.9 Å². The van der Waals surface area contributed by atoms with Gasteiger partial charge in [-0.05, 0) is 26.1 Å². The van der Waals surface area contributed by atoms with Crippen LogP contribution in [0.3, 0.4) is 0 Å². The number of aromatic nitrogens is 1. The maximum Gasteiger partial charge on any atom is 0.275 e. The predicted molar refractivity (Wildman–Crippen MR) is 84.8 cm³/mol. The van der Waals surface area contributed by atoms with Crippen LogP contribution < -0.4 is 5.32 Å². The monoisotopic (exact) mass is 309 g/mol. The summed E-state index contributed by atoms with van der Waals surface area (Å²) in [5.41, 5.74) is 1.25. The Kier molecular flexibility index (Phi) is 6.39. The minimum absolute atomic E-state index is 0. The van der Waals surface area contributed by atoms with Gasteiger partial charge in [-0.25, -0.2) is 4.98 Å². The van der Waals surface area contributed by atoms with Crippen molar-refractivity contribution in [1.82, 2.24) is 15.2 Å². The van der Waals surface area contributed by atoms with Gasteiger partial charge in [0.15, 0.2) is 5.69 Å². The molecule has 1 heterocycles. The molecule has 2 aromatic rings. The molecular weight excluding hydrogens is 290 g/mol. The number of oxazole rings is 1. The number of amides is 1. The van der Waals surface area contributed by atoms with E-state index in [-0.39, 0.29) is 18.3 Å². The van der Waals surface area contributed by atoms with Gasteiger partial charge in [-0.1, -0.05) is 18.2 Å². The molecule has 0 spiro atoms. The van der Waals surface area contributed by atoms with Crippen molar-refractivity contribution in [3.63, 3.8) is 0 Å². The molecule has 0 aliphatic heterocycles. The number of aryl methyl sites for hydroxylation is 1. The molecule has 0 saturated heterocycles. The Morgan fingerprint density at radius 2 is 2.00 bits per heavy atom. The fourth-order valence-electron chi connectivity index (χ4n) is 1.86. The minimum Gasteiger partial charge on any atom is -0.441 e. The number of hydrogen-bond donors (Lipinski definition) is 1. The normalized spacial score (nSPS) is 10.0. The second-order valence-corrected chi connectivity index (χ2v) is 4.62. The smallest absolute Gasteiger partial charge is 0.275 e. The zero-order chi connectivity index (χ0) is 14.5. The lowest BCUT2D eigenvalue weighted by molar-refractivity contribution is 0.0790. The fraction of sp³-hybridized carbons (Fsp3) is 0.333. The summed E-state index contributed by atoms with van der Waals surface area (Å²) in [4.78, 5) is 18.3. The van der Waals surface area contributed by atoms with Gasteiger partial charge in [0.25, 0.3) is 5.91 Å². The van der Waals surface area contributed by atoms with Crippen LogP contribution >= 0.6 is 12.4 Å². The first-order valence-corrected chi connectivity index (χ1v) is 6.56. The third-order valence-electron chi connectivity index (χ3n) is 3.06. The molecule has 21 heavy (non-hydrogen) atoms. The van der Waals surface area contributed by atoms with Gasteiger partial charge in [-0.3, -0.25) is 4.79 Å². The molecule has 1 N–H and O–H groups in total. The Labute approximate surface area is 130 Å². The lowest BCUT2D eigenvalue weighted by Gasteiger charge is -2.15. The molecule has 0 saturated carbocycles. The molecule has 1 amide bonds. The highest BCUT2D eigenvalue weighted by molar-refractivity contribution is 5.93. The summed E-state index contributed by atoms with van der Waals surface area (Å²) in [6.07, 6.45) is 0. The van der Waals surface area contributed by atoms with Crippen molar-refractivity contribution in [1.29, 1.82) is 0 Å². The number of nitrogens with zero attached hydrogens (tertiary/aromatic N) is 2. The highest BCUT2D eigenvalue weighted by Crippen LogP contribution is 2.21. The highest BCUT2D eigenvalue weighted by Gasteiger charge is 2.20. The predicted octanol–water partition coefficient (Wildman–Crippen LogP) is 2.36. The first-order chi connectivity index (χ1) is 9.63. The molecular formula is C15H20ClN3O2. The molecule has 0 radical (unpaired) electrons. The van der Waals surface area contributed by atoms with E-state index in [0.717, 1.165) is 12.1 Å². The van der Waals surface area contributed by atoms with Crippen LogP contribution in [-0.2, 0) is 0 Å². The summed E-state index contributed by atoms with van der Waals surface area (Å²) < 4.78 is 5.60. The maximum atomic E-state index is 12.3. The zero-order valence-corrected chi connectivity index (χ0v) is 13.2. The number of likely N-dealkylation sites (N-methyl/N-ethyl adjacent to an activating group) is 2. The van der Waals surface area contributed by atoms with Gasteiger partial charge < -0.3 is 14.6 Å². The molecule has 114 valence electrons. The van der Waals surface area contributed by atoms with Crippen LogP contribution in [0, 0.1) is 6.92 Å². The molecule has 2 rings (SSSR count). The molecule has 0 bridgehead atoms. The van der Waals surface area contributed by atoms with Crippen molar-refractivity contribution >= 4 is 18.3 Å². The summed E-state index contributed by atoms with van der Waals surface area (Å²) in [7, 11) is 3.61. The number of benzene rings is 1. The number of hydrogen-bond acceptors (Lipinski definition) is 4. The Hall–Kier alpha value is -1.85. The van der Waals surface area contributed by atoms with Crippen LogP contribution in [0.15, 0.2) is 34.7 Å². The number of carbonyl (C=O) groups excluding carboxylic acids is 1. The van der Waals surface area contributed by atoms with Crippen molar-refractivity contribution in [3.8, 4) is 11.5 Å². The third kappa shape index (κ3) is 4.06. The van der Waals surface area contributed by atoms with E-state index < -0.39 is 0 Å². The number of halogens is 1. The molecule has 6 heteroatoms. The molecule has 0 unspecified atom stereocenters. The summed E-state index contributed by atoms with van der Waals surface area (Å²) in [5, 5.41) is 3.01. The molecule has 1 aromatic carbocycles. The van der Waals surface area contributed by atoms with E-state index in [1.165, 1.54) is 0 Å². The minimum atomic E-state index is -0.122. The van der Waals surface area contributed by atoms with Crippen molar-refractivity contribution in [2.24, 2.45) is 0 Å². The van der Waals surface area contributed by atoms with Gasteiger partial charge in [-0.15, -0.1) is 12.4 Å². The van der Waals surface area contributed by atoms with Gasteiger partial charge in [0.05, 0.1) is 0 Å². The van der Waals surface area contributed by atoms with Crippen LogP contribution in [0.1, 0.15) is 16.2 Å². The van der Waals surface area contributed by atoms with Crippen molar-refractivity contribution < 1.29 is 9.21 Å². The van der Waals surface area contributed by atoms with Gasteiger partial charge in [0.1, 0.15) is 5.76 Å². The molecule has 0 fully saturated rings. The summed E-state index contributed by atoms with van der Waals surface area (Å²) in [6, 6.07) is 9.57. The summed E-state index contributed by atoms with van der Waals surface area (Å²) in [6.45, 7) is 3.13. The lowest BCUT2D eigenvalue weighted by atomic mass is 10.2. The quantitative estimate of drug-likeness (QED) is 0.921. The fourth-order valence-corrected chi connectivity index (χ4v) is 1.86. The van der Waals surface area contributed by atoms with Crippen LogP contribution in [0.25, 0.3) is 11.5 Å². The Bertz CT molecular complexity index is 584. The molecule has 0 atom stereocenters. The van der Waals surface area contributed by atoms with Gasteiger partial charge in [0, 0.05) is 25.7 Å². The SMILES string of the molecule is CNCCN(C)C(=O)c1nc(-c2ccccc2)oc1C.Cl. The first kappa shape index (κ1) is 17.2. The van der Waals surface area contributed by atoms with Gasteiger partial charge in [-0.2, -0.15) is 0 Å². The molecule has 5 nitrogen and oxygen atoms in total.